The smallest absolute Gasteiger partial charge is 0.421 e. The van der Waals surface area contributed by atoms with Gasteiger partial charge in [-0.15, -0.1) is 0 Å². The minimum atomic E-state index is -4.09. The fourth-order valence-corrected chi connectivity index (χ4v) is 12.2. The molecule has 0 aromatic heterocycles. The topological polar surface area (TPSA) is 122 Å². The number of amides is 1. The Morgan fingerprint density at radius 2 is 1.73 bits per heavy atom. The van der Waals surface area contributed by atoms with E-state index in [4.69, 9.17) is 9.47 Å². The van der Waals surface area contributed by atoms with E-state index in [-0.39, 0.29) is 57.9 Å². The first-order valence-electron chi connectivity index (χ1n) is 17.5. The van der Waals surface area contributed by atoms with Crippen molar-refractivity contribution in [3.05, 3.63) is 23.8 Å². The van der Waals surface area contributed by atoms with Gasteiger partial charge in [0, 0.05) is 0 Å². The molecule has 45 heavy (non-hydrogen) atoms. The largest absolute Gasteiger partial charge is 0.488 e. The zero-order valence-electron chi connectivity index (χ0n) is 28.1. The van der Waals surface area contributed by atoms with E-state index in [1.807, 2.05) is 13.8 Å². The Morgan fingerprint density at radius 3 is 2.47 bits per heavy atom. The highest BCUT2D eigenvalue weighted by Crippen LogP contribution is 2.69. The fraction of sp³-hybridized carbons (Fsp3) is 0.806. The first-order chi connectivity index (χ1) is 21.1. The van der Waals surface area contributed by atoms with Gasteiger partial charge in [0.2, 0.25) is 0 Å². The molecular weight excluding hydrogens is 590 g/mol. The molecule has 1 heterocycles. The second-order valence-corrected chi connectivity index (χ2v) is 18.1. The van der Waals surface area contributed by atoms with Gasteiger partial charge in [-0.05, 0) is 148 Å². The molecule has 1 aliphatic heterocycles. The molecule has 252 valence electrons. The van der Waals surface area contributed by atoms with Crippen molar-refractivity contribution in [2.75, 3.05) is 6.61 Å². The highest BCUT2D eigenvalue weighted by molar-refractivity contribution is 7.90. The van der Waals surface area contributed by atoms with Crippen LogP contribution in [0.4, 0.5) is 4.79 Å². The standard InChI is InChI=1S/C36H55NO7S/c1-7-25-29-19-23(38)13-16-36(29,6)28-14-17-35(5)26(9-10-27(35)31(28)32(25)39)21(2)20-43-33(40)37-45(41,42)24-8-11-30-22(18-24)12-15-34(3,4)44-30/h8,11,18,21,23,25-29,31-32,38-39H,7,9-10,12-17,19-20H2,1-6H3,(H,37,40)/t21?,23-,25-,26?,27+,28+,29?,31+,32-,35?,36?/m1/s1. The van der Waals surface area contributed by atoms with Gasteiger partial charge in [0.1, 0.15) is 11.4 Å². The summed E-state index contributed by atoms with van der Waals surface area (Å²) in [6, 6.07) is 4.71. The SMILES string of the molecule is CC[C@@H]1C2C[C@H](O)CCC2(C)[C@H]2CCC3(C)C(C(C)COC(=O)NS(=O)(=O)c4ccc5c(c4)CCC(C)(C)O5)CC[C@H]3[C@@H]2[C@@H]1O. The van der Waals surface area contributed by atoms with E-state index in [2.05, 4.69) is 32.4 Å². The van der Waals surface area contributed by atoms with Crippen LogP contribution in [-0.2, 0) is 21.2 Å². The monoisotopic (exact) mass is 645 g/mol. The lowest BCUT2D eigenvalue weighted by molar-refractivity contribution is -0.203. The number of nitrogens with one attached hydrogen (secondary N) is 1. The van der Waals surface area contributed by atoms with Crippen LogP contribution in [0.3, 0.4) is 0 Å². The van der Waals surface area contributed by atoms with Gasteiger partial charge in [0.15, 0.2) is 0 Å². The molecule has 6 rings (SSSR count). The Labute approximate surface area is 270 Å². The van der Waals surface area contributed by atoms with Gasteiger partial charge in [0.25, 0.3) is 10.0 Å². The Morgan fingerprint density at radius 1 is 1.02 bits per heavy atom. The van der Waals surface area contributed by atoms with Crippen LogP contribution in [0.2, 0.25) is 0 Å². The Hall–Kier alpha value is -1.84. The fourth-order valence-electron chi connectivity index (χ4n) is 11.3. The lowest BCUT2D eigenvalue weighted by atomic mass is 9.41. The molecule has 0 spiro atoms. The molecular formula is C36H55NO7S. The summed E-state index contributed by atoms with van der Waals surface area (Å²) < 4.78 is 39.8. The quantitative estimate of drug-likeness (QED) is 0.324. The van der Waals surface area contributed by atoms with Crippen LogP contribution in [0.15, 0.2) is 23.1 Å². The van der Waals surface area contributed by atoms with Crippen molar-refractivity contribution in [1.82, 2.24) is 4.72 Å². The number of rotatable bonds is 6. The number of carbonyl (C=O) groups is 1. The van der Waals surface area contributed by atoms with Crippen molar-refractivity contribution >= 4 is 16.1 Å². The van der Waals surface area contributed by atoms with Gasteiger partial charge in [-0.1, -0.05) is 34.1 Å². The minimum Gasteiger partial charge on any atom is -0.488 e. The van der Waals surface area contributed by atoms with E-state index in [9.17, 15) is 23.4 Å². The van der Waals surface area contributed by atoms with E-state index < -0.39 is 16.1 Å². The number of benzene rings is 1. The molecule has 1 amide bonds. The molecule has 4 aliphatic carbocycles. The Kier molecular flexibility index (Phi) is 8.59. The highest BCUT2D eigenvalue weighted by Gasteiger charge is 2.65. The average Bonchev–Trinajstić information content (AvgIpc) is 3.33. The summed E-state index contributed by atoms with van der Waals surface area (Å²) in [6.45, 7) is 13.3. The number of fused-ring (bicyclic) bond motifs is 6. The molecule has 5 unspecified atom stereocenters. The van der Waals surface area contributed by atoms with Gasteiger partial charge < -0.3 is 19.7 Å². The number of sulfonamides is 1. The van der Waals surface area contributed by atoms with Crippen molar-refractivity contribution in [2.24, 2.45) is 52.3 Å². The predicted molar refractivity (Wildman–Crippen MR) is 172 cm³/mol. The Balaban J connectivity index is 1.10. The number of carbonyl (C=O) groups excluding carboxylic acids is 1. The van der Waals surface area contributed by atoms with Crippen molar-refractivity contribution in [1.29, 1.82) is 0 Å². The summed E-state index contributed by atoms with van der Waals surface area (Å²) in [4.78, 5) is 12.8. The normalized spacial score (nSPS) is 41.0. The molecule has 0 radical (unpaired) electrons. The van der Waals surface area contributed by atoms with E-state index in [0.717, 1.165) is 63.4 Å². The van der Waals surface area contributed by atoms with Crippen LogP contribution in [-0.4, -0.2) is 49.1 Å². The van der Waals surface area contributed by atoms with Gasteiger partial charge >= 0.3 is 6.09 Å². The number of aliphatic hydroxyl groups excluding tert-OH is 2. The summed E-state index contributed by atoms with van der Waals surface area (Å²) >= 11 is 0. The van der Waals surface area contributed by atoms with Gasteiger partial charge in [0.05, 0.1) is 23.7 Å². The van der Waals surface area contributed by atoms with Crippen molar-refractivity contribution in [3.8, 4) is 5.75 Å². The van der Waals surface area contributed by atoms with E-state index in [0.29, 0.717) is 35.8 Å². The lowest BCUT2D eigenvalue weighted by Crippen LogP contribution is -2.62. The third-order valence-electron chi connectivity index (χ3n) is 13.6. The highest BCUT2D eigenvalue weighted by atomic mass is 32.2. The van der Waals surface area contributed by atoms with Crippen LogP contribution in [0.25, 0.3) is 0 Å². The summed E-state index contributed by atoms with van der Waals surface area (Å²) in [5.74, 6) is 2.77. The summed E-state index contributed by atoms with van der Waals surface area (Å²) in [5, 5.41) is 22.5. The van der Waals surface area contributed by atoms with Crippen molar-refractivity contribution in [2.45, 2.75) is 128 Å². The van der Waals surface area contributed by atoms with Crippen LogP contribution < -0.4 is 9.46 Å². The van der Waals surface area contributed by atoms with E-state index in [1.54, 1.807) is 12.1 Å². The molecule has 9 heteroatoms. The molecule has 0 saturated heterocycles. The number of hydrogen-bond acceptors (Lipinski definition) is 7. The minimum absolute atomic E-state index is 0.0253. The number of hydrogen-bond donors (Lipinski definition) is 3. The molecule has 1 aromatic carbocycles. The summed E-state index contributed by atoms with van der Waals surface area (Å²) in [6.07, 6.45) is 7.82. The van der Waals surface area contributed by atoms with Crippen molar-refractivity contribution < 1.29 is 32.9 Å². The number of ether oxygens (including phenoxy) is 2. The maximum absolute atomic E-state index is 13.1. The molecule has 8 nitrogen and oxygen atoms in total. The predicted octanol–water partition coefficient (Wildman–Crippen LogP) is 6.47. The Bertz CT molecular complexity index is 1400. The first kappa shape index (κ1) is 33.1. The van der Waals surface area contributed by atoms with Crippen LogP contribution in [0, 0.1) is 52.3 Å². The number of aliphatic hydroxyl groups is 2. The zero-order chi connectivity index (χ0) is 32.5. The second kappa shape index (κ2) is 11.7. The third kappa shape index (κ3) is 5.71. The summed E-state index contributed by atoms with van der Waals surface area (Å²) in [7, 11) is -4.09. The molecule has 11 atom stereocenters. The maximum Gasteiger partial charge on any atom is 0.421 e. The zero-order valence-corrected chi connectivity index (χ0v) is 28.9. The molecule has 1 aromatic rings. The van der Waals surface area contributed by atoms with Crippen LogP contribution in [0.1, 0.15) is 105 Å². The molecule has 3 N–H and O–H groups in total. The molecule has 4 fully saturated rings. The van der Waals surface area contributed by atoms with Crippen molar-refractivity contribution in [3.63, 3.8) is 0 Å². The van der Waals surface area contributed by atoms with E-state index in [1.165, 1.54) is 6.07 Å². The van der Waals surface area contributed by atoms with Crippen LogP contribution >= 0.6 is 0 Å². The van der Waals surface area contributed by atoms with E-state index >= 15 is 0 Å². The van der Waals surface area contributed by atoms with Gasteiger partial charge in [-0.2, -0.15) is 0 Å². The summed E-state index contributed by atoms with van der Waals surface area (Å²) in [5.41, 5.74) is 0.709. The van der Waals surface area contributed by atoms with Crippen LogP contribution in [0.5, 0.6) is 5.75 Å². The third-order valence-corrected chi connectivity index (χ3v) is 14.9. The second-order valence-electron chi connectivity index (χ2n) is 16.4. The molecule has 5 aliphatic rings. The van der Waals surface area contributed by atoms with Gasteiger partial charge in [-0.3, -0.25) is 0 Å². The maximum atomic E-state index is 13.1. The first-order valence-corrected chi connectivity index (χ1v) is 19.0. The van der Waals surface area contributed by atoms with Gasteiger partial charge in [-0.25, -0.2) is 17.9 Å². The molecule has 4 saturated carbocycles. The molecule has 0 bridgehead atoms. The number of aryl methyl sites for hydroxylation is 1. The lowest BCUT2D eigenvalue weighted by Gasteiger charge is -2.64. The average molecular weight is 646 g/mol.